The van der Waals surface area contributed by atoms with Crippen LogP contribution in [0.15, 0.2) is 0 Å². The summed E-state index contributed by atoms with van der Waals surface area (Å²) < 4.78 is 32.0. The van der Waals surface area contributed by atoms with Gasteiger partial charge in [-0.3, -0.25) is 4.79 Å². The fraction of sp³-hybridized carbons (Fsp3) is 0.778. The number of hydrogen-bond acceptors (Lipinski definition) is 4. The molecule has 4 nitrogen and oxygen atoms in total. The Kier molecular flexibility index (Phi) is 5.18. The Morgan fingerprint density at radius 2 is 1.60 bits per heavy atom. The molecule has 88 valence electrons. The molecule has 0 aliphatic rings. The second-order valence-electron chi connectivity index (χ2n) is 3.85. The molecule has 0 saturated carbocycles. The van der Waals surface area contributed by atoms with Crippen LogP contribution in [-0.4, -0.2) is 31.6 Å². The van der Waals surface area contributed by atoms with Crippen molar-refractivity contribution < 1.29 is 27.8 Å². The third-order valence-electron chi connectivity index (χ3n) is 1.35. The van der Waals surface area contributed by atoms with E-state index in [2.05, 4.69) is 9.47 Å². The molecular weight excluding hydrogens is 210 g/mol. The van der Waals surface area contributed by atoms with Gasteiger partial charge in [0.1, 0.15) is 13.2 Å². The first kappa shape index (κ1) is 13.8. The Labute approximate surface area is 86.5 Å². The van der Waals surface area contributed by atoms with Crippen molar-refractivity contribution in [3.8, 4) is 0 Å². The molecule has 0 radical (unpaired) electrons. The van der Waals surface area contributed by atoms with Crippen molar-refractivity contribution in [1.29, 1.82) is 0 Å². The minimum absolute atomic E-state index is 0.214. The van der Waals surface area contributed by atoms with Crippen molar-refractivity contribution in [3.63, 3.8) is 0 Å². The molecule has 0 N–H and O–H groups in total. The number of esters is 2. The lowest BCUT2D eigenvalue weighted by atomic mass is 9.97. The number of alkyl halides is 2. The summed E-state index contributed by atoms with van der Waals surface area (Å²) in [5.74, 6) is -2.09. The monoisotopic (exact) mass is 224 g/mol. The lowest BCUT2D eigenvalue weighted by molar-refractivity contribution is -0.163. The number of hydrogen-bond donors (Lipinski definition) is 0. The molecule has 0 unspecified atom stereocenters. The molecular formula is C9H14F2O4. The van der Waals surface area contributed by atoms with Crippen LogP contribution in [0.4, 0.5) is 8.78 Å². The first-order valence-corrected chi connectivity index (χ1v) is 4.37. The van der Waals surface area contributed by atoms with Crippen LogP contribution >= 0.6 is 0 Å². The van der Waals surface area contributed by atoms with Gasteiger partial charge in [0, 0.05) is 0 Å². The number of carbonyl (C=O) groups is 2. The van der Waals surface area contributed by atoms with Crippen molar-refractivity contribution >= 4 is 11.9 Å². The number of carbonyl (C=O) groups excluding carboxylic acids is 2. The van der Waals surface area contributed by atoms with E-state index < -0.39 is 23.8 Å². The first-order chi connectivity index (χ1) is 6.75. The molecule has 0 amide bonds. The SMILES string of the molecule is CC(C)(C)C(=O)OCCOC(=O)C(F)F. The highest BCUT2D eigenvalue weighted by atomic mass is 19.3. The van der Waals surface area contributed by atoms with Gasteiger partial charge >= 0.3 is 18.4 Å². The smallest absolute Gasteiger partial charge is 0.373 e. The molecule has 0 aromatic carbocycles. The maximum Gasteiger partial charge on any atom is 0.373 e. The topological polar surface area (TPSA) is 52.6 Å². The fourth-order valence-corrected chi connectivity index (χ4v) is 0.556. The van der Waals surface area contributed by atoms with Crippen molar-refractivity contribution in [2.75, 3.05) is 13.2 Å². The molecule has 0 saturated heterocycles. The summed E-state index contributed by atoms with van der Waals surface area (Å²) in [4.78, 5) is 21.4. The van der Waals surface area contributed by atoms with Gasteiger partial charge in [0.2, 0.25) is 0 Å². The molecule has 0 aliphatic carbocycles. The van der Waals surface area contributed by atoms with E-state index in [1.54, 1.807) is 20.8 Å². The Morgan fingerprint density at radius 1 is 1.13 bits per heavy atom. The van der Waals surface area contributed by atoms with Crippen LogP contribution in [0.1, 0.15) is 20.8 Å². The van der Waals surface area contributed by atoms with Crippen LogP contribution in [0.3, 0.4) is 0 Å². The van der Waals surface area contributed by atoms with E-state index in [0.29, 0.717) is 0 Å². The quantitative estimate of drug-likeness (QED) is 0.534. The summed E-state index contributed by atoms with van der Waals surface area (Å²) in [7, 11) is 0. The summed E-state index contributed by atoms with van der Waals surface area (Å²) in [5.41, 5.74) is -0.660. The summed E-state index contributed by atoms with van der Waals surface area (Å²) in [6.45, 7) is 4.39. The summed E-state index contributed by atoms with van der Waals surface area (Å²) >= 11 is 0. The molecule has 0 aliphatic heterocycles. The molecule has 0 aromatic heterocycles. The predicted molar refractivity (Wildman–Crippen MR) is 47.4 cm³/mol. The molecule has 0 bridgehead atoms. The molecule has 0 spiro atoms. The van der Waals surface area contributed by atoms with Gasteiger partial charge < -0.3 is 9.47 Å². The molecule has 6 heteroatoms. The molecule has 0 heterocycles. The summed E-state index contributed by atoms with van der Waals surface area (Å²) in [6, 6.07) is 0. The van der Waals surface area contributed by atoms with Crippen LogP contribution in [-0.2, 0) is 19.1 Å². The second-order valence-corrected chi connectivity index (χ2v) is 3.85. The van der Waals surface area contributed by atoms with E-state index in [9.17, 15) is 18.4 Å². The van der Waals surface area contributed by atoms with E-state index in [-0.39, 0.29) is 13.2 Å². The molecule has 0 atom stereocenters. The lowest BCUT2D eigenvalue weighted by Gasteiger charge is -2.16. The zero-order valence-electron chi connectivity index (χ0n) is 8.88. The minimum atomic E-state index is -3.15. The Bertz CT molecular complexity index is 233. The van der Waals surface area contributed by atoms with E-state index in [1.807, 2.05) is 0 Å². The van der Waals surface area contributed by atoms with Crippen LogP contribution < -0.4 is 0 Å². The minimum Gasteiger partial charge on any atom is -0.462 e. The normalized spacial score (nSPS) is 11.3. The van der Waals surface area contributed by atoms with Crippen LogP contribution in [0.25, 0.3) is 0 Å². The van der Waals surface area contributed by atoms with Gasteiger partial charge in [-0.2, -0.15) is 8.78 Å². The third-order valence-corrected chi connectivity index (χ3v) is 1.35. The molecule has 0 rings (SSSR count). The Balaban J connectivity index is 3.65. The van der Waals surface area contributed by atoms with Gasteiger partial charge in [0.15, 0.2) is 0 Å². The van der Waals surface area contributed by atoms with Gasteiger partial charge in [-0.05, 0) is 20.8 Å². The second kappa shape index (κ2) is 5.63. The highest BCUT2D eigenvalue weighted by molar-refractivity contribution is 5.75. The fourth-order valence-electron chi connectivity index (χ4n) is 0.556. The maximum absolute atomic E-state index is 11.6. The largest absolute Gasteiger partial charge is 0.462 e. The third kappa shape index (κ3) is 5.98. The van der Waals surface area contributed by atoms with E-state index in [0.717, 1.165) is 0 Å². The molecule has 15 heavy (non-hydrogen) atoms. The average molecular weight is 224 g/mol. The summed E-state index contributed by atoms with van der Waals surface area (Å²) in [6.07, 6.45) is -3.15. The Hall–Kier alpha value is -1.20. The highest BCUT2D eigenvalue weighted by Crippen LogP contribution is 2.14. The van der Waals surface area contributed by atoms with Gasteiger partial charge in [-0.1, -0.05) is 0 Å². The van der Waals surface area contributed by atoms with Crippen molar-refractivity contribution in [2.24, 2.45) is 5.41 Å². The van der Waals surface area contributed by atoms with E-state index in [4.69, 9.17) is 0 Å². The number of rotatable bonds is 4. The Morgan fingerprint density at radius 3 is 2.00 bits per heavy atom. The van der Waals surface area contributed by atoms with Gasteiger partial charge in [0.25, 0.3) is 0 Å². The average Bonchev–Trinajstić information content (AvgIpc) is 2.09. The zero-order valence-corrected chi connectivity index (χ0v) is 8.88. The van der Waals surface area contributed by atoms with Gasteiger partial charge in [-0.25, -0.2) is 4.79 Å². The first-order valence-electron chi connectivity index (χ1n) is 4.37. The standard InChI is InChI=1S/C9H14F2O4/c1-9(2,3)8(13)15-5-4-14-7(12)6(10)11/h6H,4-5H2,1-3H3. The van der Waals surface area contributed by atoms with Crippen molar-refractivity contribution in [3.05, 3.63) is 0 Å². The van der Waals surface area contributed by atoms with E-state index >= 15 is 0 Å². The number of ether oxygens (including phenoxy) is 2. The molecule has 0 fully saturated rings. The zero-order chi connectivity index (χ0) is 12.1. The van der Waals surface area contributed by atoms with Gasteiger partial charge in [0.05, 0.1) is 5.41 Å². The number of halogens is 2. The van der Waals surface area contributed by atoms with Gasteiger partial charge in [-0.15, -0.1) is 0 Å². The van der Waals surface area contributed by atoms with E-state index in [1.165, 1.54) is 0 Å². The maximum atomic E-state index is 11.6. The summed E-state index contributed by atoms with van der Waals surface area (Å²) in [5, 5.41) is 0. The molecule has 0 aromatic rings. The van der Waals surface area contributed by atoms with Crippen molar-refractivity contribution in [2.45, 2.75) is 27.2 Å². The van der Waals surface area contributed by atoms with Crippen LogP contribution in [0.2, 0.25) is 0 Å². The van der Waals surface area contributed by atoms with Crippen LogP contribution in [0, 0.1) is 5.41 Å². The van der Waals surface area contributed by atoms with Crippen molar-refractivity contribution in [1.82, 2.24) is 0 Å². The highest BCUT2D eigenvalue weighted by Gasteiger charge is 2.23. The predicted octanol–water partition coefficient (Wildman–Crippen LogP) is 1.38. The van der Waals surface area contributed by atoms with Crippen LogP contribution in [0.5, 0.6) is 0 Å². The lowest BCUT2D eigenvalue weighted by Crippen LogP contribution is -2.25.